The Morgan fingerprint density at radius 1 is 0.382 bits per heavy atom. The molecule has 0 aromatic carbocycles. The molecule has 55 heavy (non-hydrogen) atoms. The lowest BCUT2D eigenvalue weighted by Crippen LogP contribution is -2.30. The zero-order valence-electron chi connectivity index (χ0n) is 35.4. The van der Waals surface area contributed by atoms with Crippen LogP contribution in [-0.2, 0) is 28.6 Å². The number of ether oxygens (including phenoxy) is 3. The number of carbonyl (C=O) groups excluding carboxylic acids is 3. The second-order valence-corrected chi connectivity index (χ2v) is 14.4. The Hall–Kier alpha value is -3.41. The van der Waals surface area contributed by atoms with E-state index in [4.69, 9.17) is 14.2 Å². The van der Waals surface area contributed by atoms with Crippen molar-refractivity contribution in [2.45, 2.75) is 194 Å². The van der Waals surface area contributed by atoms with Crippen LogP contribution in [0.25, 0.3) is 0 Å². The zero-order chi connectivity index (χ0) is 40.1. The Morgan fingerprint density at radius 3 is 1.24 bits per heavy atom. The maximum absolute atomic E-state index is 12.7. The van der Waals surface area contributed by atoms with E-state index in [2.05, 4.69) is 45.1 Å². The highest BCUT2D eigenvalue weighted by Gasteiger charge is 2.19. The summed E-state index contributed by atoms with van der Waals surface area (Å²) < 4.78 is 16.6. The molecule has 0 aromatic heterocycles. The molecule has 0 aliphatic heterocycles. The van der Waals surface area contributed by atoms with Crippen molar-refractivity contribution in [1.82, 2.24) is 0 Å². The highest BCUT2D eigenvalue weighted by molar-refractivity contribution is 5.71. The first kappa shape index (κ1) is 51.6. The molecule has 1 unspecified atom stereocenters. The third kappa shape index (κ3) is 41.6. The molecule has 0 spiro atoms. The lowest BCUT2D eigenvalue weighted by atomic mass is 10.1. The Morgan fingerprint density at radius 2 is 0.745 bits per heavy atom. The van der Waals surface area contributed by atoms with Crippen molar-refractivity contribution in [2.24, 2.45) is 0 Å². The van der Waals surface area contributed by atoms with Crippen molar-refractivity contribution in [3.05, 3.63) is 85.1 Å². The molecule has 312 valence electrons. The van der Waals surface area contributed by atoms with Gasteiger partial charge in [0.25, 0.3) is 0 Å². The van der Waals surface area contributed by atoms with E-state index in [1.165, 1.54) is 57.8 Å². The third-order valence-electron chi connectivity index (χ3n) is 9.05. The van der Waals surface area contributed by atoms with Crippen LogP contribution in [0.5, 0.6) is 0 Å². The summed E-state index contributed by atoms with van der Waals surface area (Å²) in [6.07, 6.45) is 54.2. The van der Waals surface area contributed by atoms with Gasteiger partial charge >= 0.3 is 17.9 Å². The van der Waals surface area contributed by atoms with E-state index in [0.29, 0.717) is 19.3 Å². The van der Waals surface area contributed by atoms with Crippen LogP contribution in [0.15, 0.2) is 85.1 Å². The van der Waals surface area contributed by atoms with Crippen LogP contribution < -0.4 is 0 Å². The van der Waals surface area contributed by atoms with Gasteiger partial charge in [0.2, 0.25) is 0 Å². The molecule has 0 rings (SSSR count). The average Bonchev–Trinajstić information content (AvgIpc) is 3.18. The van der Waals surface area contributed by atoms with Gasteiger partial charge < -0.3 is 14.2 Å². The second kappa shape index (κ2) is 43.3. The molecular weight excluding hydrogens is 685 g/mol. The highest BCUT2D eigenvalue weighted by Crippen LogP contribution is 2.13. The normalized spacial score (nSPS) is 12.9. The summed E-state index contributed by atoms with van der Waals surface area (Å²) in [5.41, 5.74) is 0. The van der Waals surface area contributed by atoms with Gasteiger partial charge in [-0.2, -0.15) is 0 Å². The highest BCUT2D eigenvalue weighted by atomic mass is 16.6. The molecule has 0 aliphatic rings. The number of allylic oxidation sites excluding steroid dienone is 14. The molecule has 0 radical (unpaired) electrons. The minimum absolute atomic E-state index is 0.0957. The maximum Gasteiger partial charge on any atom is 0.306 e. The SMILES string of the molecule is CC\C=C/C=C\C=C/C=C\C=C\C=C/CCCCCC(=O)OCC(COC(=O)CCCCCCCCCCCC)OC(=O)CCCCCC/C=C\CCCC. The Kier molecular flexibility index (Phi) is 40.6. The molecule has 0 saturated heterocycles. The minimum Gasteiger partial charge on any atom is -0.462 e. The molecule has 0 saturated carbocycles. The molecule has 6 heteroatoms. The third-order valence-corrected chi connectivity index (χ3v) is 9.05. The van der Waals surface area contributed by atoms with E-state index in [0.717, 1.165) is 89.9 Å². The molecule has 0 heterocycles. The summed E-state index contributed by atoms with van der Waals surface area (Å²) >= 11 is 0. The lowest BCUT2D eigenvalue weighted by molar-refractivity contribution is -0.167. The summed E-state index contributed by atoms with van der Waals surface area (Å²) in [4.78, 5) is 37.6. The van der Waals surface area contributed by atoms with Crippen LogP contribution in [0.4, 0.5) is 0 Å². The first-order valence-electron chi connectivity index (χ1n) is 22.2. The van der Waals surface area contributed by atoms with Crippen LogP contribution in [0, 0.1) is 0 Å². The van der Waals surface area contributed by atoms with Crippen molar-refractivity contribution in [3.8, 4) is 0 Å². The van der Waals surface area contributed by atoms with Gasteiger partial charge in [0.15, 0.2) is 6.10 Å². The van der Waals surface area contributed by atoms with Crippen LogP contribution in [-0.4, -0.2) is 37.2 Å². The van der Waals surface area contributed by atoms with Gasteiger partial charge in [-0.25, -0.2) is 0 Å². The number of hydrogen-bond donors (Lipinski definition) is 0. The number of unbranched alkanes of at least 4 members (excludes halogenated alkanes) is 18. The number of rotatable bonds is 38. The zero-order valence-corrected chi connectivity index (χ0v) is 35.4. The lowest BCUT2D eigenvalue weighted by Gasteiger charge is -2.18. The van der Waals surface area contributed by atoms with Gasteiger partial charge in [-0.15, -0.1) is 0 Å². The molecule has 0 amide bonds. The first-order valence-corrected chi connectivity index (χ1v) is 22.2. The van der Waals surface area contributed by atoms with E-state index in [-0.39, 0.29) is 31.1 Å². The fraction of sp³-hybridized carbons (Fsp3) is 0.653. The summed E-state index contributed by atoms with van der Waals surface area (Å²) in [6.45, 7) is 6.36. The number of carbonyl (C=O) groups is 3. The molecule has 0 fully saturated rings. The molecular formula is C49H80O6. The van der Waals surface area contributed by atoms with Crippen LogP contribution in [0.3, 0.4) is 0 Å². The minimum atomic E-state index is -0.796. The number of hydrogen-bond acceptors (Lipinski definition) is 6. The second-order valence-electron chi connectivity index (χ2n) is 14.4. The summed E-state index contributed by atoms with van der Waals surface area (Å²) in [5, 5.41) is 0. The van der Waals surface area contributed by atoms with Gasteiger partial charge in [-0.3, -0.25) is 14.4 Å². The fourth-order valence-electron chi connectivity index (χ4n) is 5.69. The van der Waals surface area contributed by atoms with Gasteiger partial charge in [-0.1, -0.05) is 196 Å². The van der Waals surface area contributed by atoms with Crippen molar-refractivity contribution < 1.29 is 28.6 Å². The Bertz CT molecular complexity index is 1110. The van der Waals surface area contributed by atoms with Crippen molar-refractivity contribution in [2.75, 3.05) is 13.2 Å². The number of esters is 3. The molecule has 6 nitrogen and oxygen atoms in total. The monoisotopic (exact) mass is 765 g/mol. The molecule has 0 aromatic rings. The largest absolute Gasteiger partial charge is 0.462 e. The van der Waals surface area contributed by atoms with Gasteiger partial charge in [0, 0.05) is 19.3 Å². The Balaban J connectivity index is 4.47. The molecule has 0 bridgehead atoms. The standard InChI is InChI=1S/C49H80O6/c1-4-7-10-13-16-19-22-23-24-25-26-27-28-31-33-36-39-42-48(51)54-45-46(55-49(52)43-40-37-34-30-21-18-15-12-9-6-3)44-53-47(50)41-38-35-32-29-20-17-14-11-8-5-2/h7,10,13,15-16,18-19,22-28,46H,4-6,8-9,11-12,14,17,20-21,29-45H2,1-3H3/b10-7-,16-13-,18-15-,22-19-,24-23-,26-25+,28-27-. The van der Waals surface area contributed by atoms with Gasteiger partial charge in [0.1, 0.15) is 13.2 Å². The van der Waals surface area contributed by atoms with E-state index in [1.54, 1.807) is 0 Å². The smallest absolute Gasteiger partial charge is 0.306 e. The van der Waals surface area contributed by atoms with Crippen molar-refractivity contribution >= 4 is 17.9 Å². The van der Waals surface area contributed by atoms with Crippen LogP contribution in [0.1, 0.15) is 188 Å². The molecule has 0 aliphatic carbocycles. The van der Waals surface area contributed by atoms with Gasteiger partial charge in [-0.05, 0) is 57.8 Å². The predicted molar refractivity (Wildman–Crippen MR) is 233 cm³/mol. The topological polar surface area (TPSA) is 78.9 Å². The predicted octanol–water partition coefficient (Wildman–Crippen LogP) is 14.1. The maximum atomic E-state index is 12.7. The molecule has 0 N–H and O–H groups in total. The average molecular weight is 765 g/mol. The first-order chi connectivity index (χ1) is 27.0. The summed E-state index contributed by atoms with van der Waals surface area (Å²) in [6, 6.07) is 0. The van der Waals surface area contributed by atoms with E-state index in [1.807, 2.05) is 60.8 Å². The Labute approximate surface area is 337 Å². The molecule has 1 atom stereocenters. The van der Waals surface area contributed by atoms with Crippen LogP contribution >= 0.6 is 0 Å². The van der Waals surface area contributed by atoms with E-state index in [9.17, 15) is 14.4 Å². The quantitative estimate of drug-likeness (QED) is 0.0205. The van der Waals surface area contributed by atoms with Crippen LogP contribution in [0.2, 0.25) is 0 Å². The van der Waals surface area contributed by atoms with Crippen molar-refractivity contribution in [3.63, 3.8) is 0 Å². The van der Waals surface area contributed by atoms with Crippen molar-refractivity contribution in [1.29, 1.82) is 0 Å². The fourth-order valence-corrected chi connectivity index (χ4v) is 5.69. The van der Waals surface area contributed by atoms with E-state index < -0.39 is 6.10 Å². The summed E-state index contributed by atoms with van der Waals surface area (Å²) in [5.74, 6) is -0.966. The summed E-state index contributed by atoms with van der Waals surface area (Å²) in [7, 11) is 0. The van der Waals surface area contributed by atoms with E-state index >= 15 is 0 Å². The van der Waals surface area contributed by atoms with Gasteiger partial charge in [0.05, 0.1) is 0 Å².